The van der Waals surface area contributed by atoms with Crippen LogP contribution in [0.25, 0.3) is 0 Å². The number of nitrogens with one attached hydrogen (secondary N) is 1. The molecule has 0 aromatic heterocycles. The van der Waals surface area contributed by atoms with Crippen LogP contribution in [0.4, 0.5) is 14.5 Å². The van der Waals surface area contributed by atoms with Crippen molar-refractivity contribution in [1.29, 1.82) is 0 Å². The summed E-state index contributed by atoms with van der Waals surface area (Å²) in [7, 11) is 0. The van der Waals surface area contributed by atoms with Crippen LogP contribution in [0, 0.1) is 11.6 Å². The van der Waals surface area contributed by atoms with Crippen LogP contribution in [0.1, 0.15) is 12.5 Å². The van der Waals surface area contributed by atoms with Crippen LogP contribution in [0.3, 0.4) is 0 Å². The first-order chi connectivity index (χ1) is 9.63. The van der Waals surface area contributed by atoms with Gasteiger partial charge in [-0.15, -0.1) is 0 Å². The molecule has 0 saturated carbocycles. The number of para-hydroxylation sites is 1. The third-order valence-electron chi connectivity index (χ3n) is 2.80. The number of phenols is 1. The van der Waals surface area contributed by atoms with Crippen LogP contribution in [0.15, 0.2) is 36.4 Å². The van der Waals surface area contributed by atoms with Crippen LogP contribution in [0.2, 0.25) is 0 Å². The van der Waals surface area contributed by atoms with Crippen LogP contribution < -0.4 is 10.1 Å². The summed E-state index contributed by atoms with van der Waals surface area (Å²) < 4.78 is 31.8. The van der Waals surface area contributed by atoms with Gasteiger partial charge in [-0.2, -0.15) is 0 Å². The Labute approximate surface area is 115 Å². The van der Waals surface area contributed by atoms with E-state index >= 15 is 0 Å². The Kier molecular flexibility index (Phi) is 4.40. The van der Waals surface area contributed by atoms with E-state index in [2.05, 4.69) is 5.32 Å². The number of halogens is 2. The van der Waals surface area contributed by atoms with Gasteiger partial charge in [0.2, 0.25) is 0 Å². The summed E-state index contributed by atoms with van der Waals surface area (Å²) in [6, 6.07) is 8.95. The maximum Gasteiger partial charge on any atom is 0.181 e. The van der Waals surface area contributed by atoms with E-state index in [1.54, 1.807) is 18.2 Å². The van der Waals surface area contributed by atoms with Crippen molar-refractivity contribution >= 4 is 5.69 Å². The molecule has 0 saturated heterocycles. The fraction of sp³-hybridized carbons (Fsp3) is 0.200. The van der Waals surface area contributed by atoms with Crippen molar-refractivity contribution in [3.63, 3.8) is 0 Å². The van der Waals surface area contributed by atoms with Crippen molar-refractivity contribution in [3.8, 4) is 11.5 Å². The molecule has 2 rings (SSSR count). The lowest BCUT2D eigenvalue weighted by atomic mass is 10.1. The highest BCUT2D eigenvalue weighted by Gasteiger charge is 2.10. The number of benzene rings is 2. The molecule has 5 heteroatoms. The summed E-state index contributed by atoms with van der Waals surface area (Å²) in [4.78, 5) is 0. The van der Waals surface area contributed by atoms with E-state index in [4.69, 9.17) is 4.74 Å². The van der Waals surface area contributed by atoms with Crippen LogP contribution >= 0.6 is 0 Å². The first-order valence-electron chi connectivity index (χ1n) is 6.25. The molecule has 0 aliphatic carbocycles. The first-order valence-corrected chi connectivity index (χ1v) is 6.25. The predicted molar refractivity (Wildman–Crippen MR) is 73.0 cm³/mol. The third kappa shape index (κ3) is 2.99. The van der Waals surface area contributed by atoms with Crippen LogP contribution in [-0.2, 0) is 6.54 Å². The molecule has 0 atom stereocenters. The molecule has 2 aromatic carbocycles. The Morgan fingerprint density at radius 3 is 2.65 bits per heavy atom. The predicted octanol–water partition coefficient (Wildman–Crippen LogP) is 3.68. The highest BCUT2D eigenvalue weighted by molar-refractivity contribution is 5.50. The molecule has 3 nitrogen and oxygen atoms in total. The summed E-state index contributed by atoms with van der Waals surface area (Å²) >= 11 is 0. The minimum absolute atomic E-state index is 0.00124. The topological polar surface area (TPSA) is 41.5 Å². The number of hydrogen-bond acceptors (Lipinski definition) is 3. The van der Waals surface area contributed by atoms with Gasteiger partial charge >= 0.3 is 0 Å². The number of phenolic OH excluding ortho intramolecular Hbond substituents is 1. The van der Waals surface area contributed by atoms with Gasteiger partial charge in [0.25, 0.3) is 0 Å². The normalized spacial score (nSPS) is 10.3. The fourth-order valence-electron chi connectivity index (χ4n) is 1.81. The molecule has 0 spiro atoms. The van der Waals surface area contributed by atoms with Gasteiger partial charge in [0, 0.05) is 12.1 Å². The van der Waals surface area contributed by atoms with Crippen molar-refractivity contribution in [2.45, 2.75) is 13.5 Å². The van der Waals surface area contributed by atoms with Crippen molar-refractivity contribution in [1.82, 2.24) is 0 Å². The average Bonchev–Trinajstić information content (AvgIpc) is 2.44. The number of hydrogen-bond donors (Lipinski definition) is 2. The molecule has 0 radical (unpaired) electrons. The Balaban J connectivity index is 2.15. The van der Waals surface area contributed by atoms with Crippen molar-refractivity contribution in [2.75, 3.05) is 11.9 Å². The van der Waals surface area contributed by atoms with Gasteiger partial charge in [0.1, 0.15) is 0 Å². The Morgan fingerprint density at radius 2 is 1.90 bits per heavy atom. The monoisotopic (exact) mass is 279 g/mol. The first kappa shape index (κ1) is 14.1. The second kappa shape index (κ2) is 6.23. The van der Waals surface area contributed by atoms with Gasteiger partial charge in [-0.1, -0.05) is 18.2 Å². The lowest BCUT2D eigenvalue weighted by Crippen LogP contribution is -2.03. The second-order valence-electron chi connectivity index (χ2n) is 4.15. The van der Waals surface area contributed by atoms with Gasteiger partial charge in [-0.25, -0.2) is 8.78 Å². The minimum atomic E-state index is -0.937. The number of rotatable bonds is 5. The molecule has 0 aliphatic heterocycles. The lowest BCUT2D eigenvalue weighted by Gasteiger charge is -2.12. The molecule has 0 unspecified atom stereocenters. The summed E-state index contributed by atoms with van der Waals surface area (Å²) in [5, 5.41) is 12.7. The molecule has 2 aromatic rings. The van der Waals surface area contributed by atoms with E-state index in [9.17, 15) is 13.9 Å². The van der Waals surface area contributed by atoms with E-state index in [0.29, 0.717) is 17.9 Å². The minimum Gasteiger partial charge on any atom is -0.504 e. The average molecular weight is 279 g/mol. The molecule has 0 heterocycles. The SMILES string of the molecule is CCOc1cccc(CNc2cccc(F)c2F)c1O. The van der Waals surface area contributed by atoms with Crippen molar-refractivity contribution in [3.05, 3.63) is 53.6 Å². The summed E-state index contributed by atoms with van der Waals surface area (Å²) in [6.45, 7) is 2.41. The zero-order chi connectivity index (χ0) is 14.5. The standard InChI is InChI=1S/C15H15F2NO2/c1-2-20-13-8-3-5-10(15(13)19)9-18-12-7-4-6-11(16)14(12)17/h3-8,18-19H,2,9H2,1H3. The molecule has 0 amide bonds. The lowest BCUT2D eigenvalue weighted by molar-refractivity contribution is 0.317. The molecule has 0 bridgehead atoms. The molecule has 0 aliphatic rings. The molecular formula is C15H15F2NO2. The number of aromatic hydroxyl groups is 1. The highest BCUT2D eigenvalue weighted by atomic mass is 19.2. The Morgan fingerprint density at radius 1 is 1.15 bits per heavy atom. The number of ether oxygens (including phenoxy) is 1. The maximum absolute atomic E-state index is 13.5. The number of anilines is 1. The van der Waals surface area contributed by atoms with Crippen LogP contribution in [0.5, 0.6) is 11.5 Å². The highest BCUT2D eigenvalue weighted by Crippen LogP contribution is 2.30. The van der Waals surface area contributed by atoms with Gasteiger partial charge in [0.15, 0.2) is 23.1 Å². The molecule has 0 fully saturated rings. The van der Waals surface area contributed by atoms with Gasteiger partial charge in [-0.05, 0) is 25.1 Å². The van der Waals surface area contributed by atoms with E-state index in [0.717, 1.165) is 6.07 Å². The van der Waals surface area contributed by atoms with Gasteiger partial charge in [0.05, 0.1) is 12.3 Å². The smallest absolute Gasteiger partial charge is 0.181 e. The second-order valence-corrected chi connectivity index (χ2v) is 4.15. The van der Waals surface area contributed by atoms with Gasteiger partial charge in [-0.3, -0.25) is 0 Å². The summed E-state index contributed by atoms with van der Waals surface area (Å²) in [6.07, 6.45) is 0. The van der Waals surface area contributed by atoms with Crippen molar-refractivity contribution < 1.29 is 18.6 Å². The Bertz CT molecular complexity index is 602. The van der Waals surface area contributed by atoms with E-state index in [-0.39, 0.29) is 18.0 Å². The van der Waals surface area contributed by atoms with Crippen LogP contribution in [-0.4, -0.2) is 11.7 Å². The molecule has 2 N–H and O–H groups in total. The quantitative estimate of drug-likeness (QED) is 0.877. The largest absolute Gasteiger partial charge is 0.504 e. The maximum atomic E-state index is 13.5. The zero-order valence-corrected chi connectivity index (χ0v) is 11.0. The Hall–Kier alpha value is -2.30. The summed E-state index contributed by atoms with van der Waals surface area (Å²) in [5.74, 6) is -1.49. The molecule has 20 heavy (non-hydrogen) atoms. The summed E-state index contributed by atoms with van der Waals surface area (Å²) in [5.41, 5.74) is 0.589. The molecule has 106 valence electrons. The van der Waals surface area contributed by atoms with E-state index in [1.807, 2.05) is 6.92 Å². The molecular weight excluding hydrogens is 264 g/mol. The van der Waals surface area contributed by atoms with Gasteiger partial charge < -0.3 is 15.2 Å². The fourth-order valence-corrected chi connectivity index (χ4v) is 1.81. The zero-order valence-electron chi connectivity index (χ0n) is 11.0. The third-order valence-corrected chi connectivity index (χ3v) is 2.80. The van der Waals surface area contributed by atoms with E-state index < -0.39 is 11.6 Å². The van der Waals surface area contributed by atoms with Crippen molar-refractivity contribution in [2.24, 2.45) is 0 Å². The van der Waals surface area contributed by atoms with E-state index in [1.165, 1.54) is 12.1 Å².